The lowest BCUT2D eigenvalue weighted by molar-refractivity contribution is -0.355. The third kappa shape index (κ3) is 5.81. The molecule has 2 rings (SSSR count). The number of hydrogen-bond donors (Lipinski definition) is 6. The first-order chi connectivity index (χ1) is 13.5. The highest BCUT2D eigenvalue weighted by Crippen LogP contribution is 2.29. The third-order valence-corrected chi connectivity index (χ3v) is 4.52. The fourth-order valence-electron chi connectivity index (χ4n) is 2.94. The number of carbonyl (C=O) groups excluding carboxylic acids is 2. The molecule has 0 spiro atoms. The maximum Gasteiger partial charge on any atom is 0.302 e. The summed E-state index contributed by atoms with van der Waals surface area (Å²) < 4.78 is 25.4. The van der Waals surface area contributed by atoms with Crippen LogP contribution in [0.25, 0.3) is 0 Å². The van der Waals surface area contributed by atoms with Crippen molar-refractivity contribution in [3.05, 3.63) is 0 Å². The predicted molar refractivity (Wildman–Crippen MR) is 87.7 cm³/mol. The molecule has 2 saturated heterocycles. The normalized spacial score (nSPS) is 42.9. The first-order valence-electron chi connectivity index (χ1n) is 8.84. The predicted octanol–water partition coefficient (Wildman–Crippen LogP) is -4.26. The van der Waals surface area contributed by atoms with Gasteiger partial charge in [0.15, 0.2) is 12.6 Å². The number of aliphatic hydroxyl groups excluding tert-OH is 6. The Morgan fingerprint density at radius 3 is 1.83 bits per heavy atom. The first-order valence-corrected chi connectivity index (χ1v) is 8.84. The number of esters is 2. The van der Waals surface area contributed by atoms with Crippen LogP contribution in [0.3, 0.4) is 0 Å². The molecule has 13 heteroatoms. The van der Waals surface area contributed by atoms with Crippen LogP contribution in [0.5, 0.6) is 0 Å². The second-order valence-electron chi connectivity index (χ2n) is 6.77. The van der Waals surface area contributed by atoms with E-state index >= 15 is 0 Å². The molecule has 0 aromatic rings. The molecular formula is C16H26O13. The largest absolute Gasteiger partial charge is 0.463 e. The number of ether oxygens (including phenoxy) is 5. The summed E-state index contributed by atoms with van der Waals surface area (Å²) in [7, 11) is 0. The smallest absolute Gasteiger partial charge is 0.302 e. The summed E-state index contributed by atoms with van der Waals surface area (Å²) in [5.74, 6) is -1.36. The molecule has 13 nitrogen and oxygen atoms in total. The molecule has 0 aromatic heterocycles. The van der Waals surface area contributed by atoms with Crippen molar-refractivity contribution in [3.8, 4) is 0 Å². The van der Waals surface area contributed by atoms with Gasteiger partial charge in [0.1, 0.15) is 62.0 Å². The van der Waals surface area contributed by atoms with Gasteiger partial charge in [-0.15, -0.1) is 0 Å². The van der Waals surface area contributed by atoms with Crippen LogP contribution in [0, 0.1) is 0 Å². The summed E-state index contributed by atoms with van der Waals surface area (Å²) in [6.45, 7) is 1.32. The van der Waals surface area contributed by atoms with E-state index in [0.29, 0.717) is 0 Å². The topological polar surface area (TPSA) is 202 Å². The van der Waals surface area contributed by atoms with Crippen LogP contribution in [-0.2, 0) is 33.3 Å². The van der Waals surface area contributed by atoms with Crippen molar-refractivity contribution in [2.75, 3.05) is 13.2 Å². The monoisotopic (exact) mass is 426 g/mol. The Balaban J connectivity index is 2.14. The van der Waals surface area contributed by atoms with Crippen LogP contribution in [-0.4, -0.2) is 117 Å². The molecule has 2 aliphatic heterocycles. The van der Waals surface area contributed by atoms with Gasteiger partial charge >= 0.3 is 11.9 Å². The second kappa shape index (κ2) is 10.1. The molecule has 0 bridgehead atoms. The quantitative estimate of drug-likeness (QED) is 0.223. The van der Waals surface area contributed by atoms with Crippen molar-refractivity contribution in [3.63, 3.8) is 0 Å². The van der Waals surface area contributed by atoms with E-state index in [0.717, 1.165) is 13.8 Å². The summed E-state index contributed by atoms with van der Waals surface area (Å²) in [5.41, 5.74) is 0. The van der Waals surface area contributed by atoms with Crippen LogP contribution >= 0.6 is 0 Å². The molecule has 2 heterocycles. The van der Waals surface area contributed by atoms with Crippen LogP contribution in [0.2, 0.25) is 0 Å². The molecule has 2 fully saturated rings. The average Bonchev–Trinajstić information content (AvgIpc) is 2.65. The van der Waals surface area contributed by atoms with E-state index in [2.05, 4.69) is 0 Å². The van der Waals surface area contributed by atoms with Gasteiger partial charge in [-0.3, -0.25) is 9.59 Å². The zero-order valence-electron chi connectivity index (χ0n) is 15.7. The molecule has 0 aromatic carbocycles. The number of rotatable bonds is 6. The average molecular weight is 426 g/mol. The lowest BCUT2D eigenvalue weighted by Gasteiger charge is -2.45. The molecule has 0 aliphatic carbocycles. The Morgan fingerprint density at radius 2 is 1.28 bits per heavy atom. The summed E-state index contributed by atoms with van der Waals surface area (Å²) >= 11 is 0. The van der Waals surface area contributed by atoms with Crippen LogP contribution in [0.1, 0.15) is 13.8 Å². The minimum absolute atomic E-state index is 0.456. The van der Waals surface area contributed by atoms with Crippen LogP contribution < -0.4 is 0 Å². The molecule has 10 atom stereocenters. The van der Waals surface area contributed by atoms with Gasteiger partial charge < -0.3 is 54.3 Å². The van der Waals surface area contributed by atoms with Gasteiger partial charge in [-0.1, -0.05) is 0 Å². The minimum Gasteiger partial charge on any atom is -0.463 e. The van der Waals surface area contributed by atoms with E-state index in [1.54, 1.807) is 0 Å². The van der Waals surface area contributed by atoms with Crippen molar-refractivity contribution in [1.82, 2.24) is 0 Å². The summed E-state index contributed by atoms with van der Waals surface area (Å²) in [4.78, 5) is 22.0. The van der Waals surface area contributed by atoms with Gasteiger partial charge in [-0.2, -0.15) is 0 Å². The lowest BCUT2D eigenvalue weighted by atomic mass is 9.97. The van der Waals surface area contributed by atoms with E-state index in [4.69, 9.17) is 23.7 Å². The van der Waals surface area contributed by atoms with Gasteiger partial charge in [0, 0.05) is 13.8 Å². The number of aliphatic hydroxyl groups is 6. The molecule has 6 N–H and O–H groups in total. The molecular weight excluding hydrogens is 400 g/mol. The van der Waals surface area contributed by atoms with Crippen molar-refractivity contribution < 1.29 is 63.9 Å². The van der Waals surface area contributed by atoms with Crippen molar-refractivity contribution in [2.24, 2.45) is 0 Å². The maximum absolute atomic E-state index is 11.1. The molecule has 2 aliphatic rings. The fourth-order valence-corrected chi connectivity index (χ4v) is 2.94. The highest BCUT2D eigenvalue weighted by atomic mass is 16.7. The number of carbonyl (C=O) groups is 2. The molecule has 29 heavy (non-hydrogen) atoms. The highest BCUT2D eigenvalue weighted by Gasteiger charge is 2.50. The molecule has 7 unspecified atom stereocenters. The Morgan fingerprint density at radius 1 is 0.724 bits per heavy atom. The standard InChI is InChI=1S/C16H26O13/c1-5(17)25-3-7-9(19)10(20)13(23)16(28-7)29-14-8(4-26-6(2)18)27-15(24)12(22)11(14)21/h7-16,19-24H,3-4H2,1-2H3/t7?,8?,9-,10?,11?,12?,13?,14-,15?,16+/m1/s1. The molecule has 0 saturated carbocycles. The summed E-state index contributed by atoms with van der Waals surface area (Å²) in [6, 6.07) is 0. The first kappa shape index (κ1) is 23.9. The SMILES string of the molecule is CC(=O)OCC1O[C@@H](O[C@@H]2C(COC(C)=O)OC(O)C(O)C2O)C(O)C(O)[C@@H]1O. The fraction of sp³-hybridized carbons (Fsp3) is 0.875. The van der Waals surface area contributed by atoms with Crippen LogP contribution in [0.15, 0.2) is 0 Å². The Labute approximate surface area is 165 Å². The van der Waals surface area contributed by atoms with Crippen molar-refractivity contribution in [2.45, 2.75) is 75.3 Å². The van der Waals surface area contributed by atoms with Crippen molar-refractivity contribution in [1.29, 1.82) is 0 Å². The Hall–Kier alpha value is -1.42. The summed E-state index contributed by atoms with van der Waals surface area (Å²) in [5, 5.41) is 59.9. The Kier molecular flexibility index (Phi) is 8.28. The van der Waals surface area contributed by atoms with Gasteiger partial charge in [0.05, 0.1) is 0 Å². The van der Waals surface area contributed by atoms with E-state index < -0.39 is 86.6 Å². The molecule has 168 valence electrons. The molecule has 0 radical (unpaired) electrons. The van der Waals surface area contributed by atoms with Gasteiger partial charge in [0.25, 0.3) is 0 Å². The van der Waals surface area contributed by atoms with Gasteiger partial charge in [0.2, 0.25) is 0 Å². The third-order valence-electron chi connectivity index (χ3n) is 4.52. The van der Waals surface area contributed by atoms with E-state index in [-0.39, 0.29) is 0 Å². The zero-order valence-corrected chi connectivity index (χ0v) is 15.7. The minimum atomic E-state index is -1.80. The van der Waals surface area contributed by atoms with Gasteiger partial charge in [-0.25, -0.2) is 0 Å². The molecule has 0 amide bonds. The lowest BCUT2D eigenvalue weighted by Crippen LogP contribution is -2.64. The van der Waals surface area contributed by atoms with Crippen LogP contribution in [0.4, 0.5) is 0 Å². The highest BCUT2D eigenvalue weighted by molar-refractivity contribution is 5.66. The maximum atomic E-state index is 11.1. The summed E-state index contributed by atoms with van der Waals surface area (Å²) in [6.07, 6.45) is -16.1. The van der Waals surface area contributed by atoms with Crippen molar-refractivity contribution >= 4 is 11.9 Å². The van der Waals surface area contributed by atoms with Gasteiger partial charge in [-0.05, 0) is 0 Å². The Bertz CT molecular complexity index is 571. The number of hydrogen-bond acceptors (Lipinski definition) is 13. The van der Waals surface area contributed by atoms with E-state index in [9.17, 15) is 40.2 Å². The second-order valence-corrected chi connectivity index (χ2v) is 6.77. The zero-order chi connectivity index (χ0) is 21.9. The van der Waals surface area contributed by atoms with E-state index in [1.807, 2.05) is 0 Å². The van der Waals surface area contributed by atoms with E-state index in [1.165, 1.54) is 0 Å².